The summed E-state index contributed by atoms with van der Waals surface area (Å²) in [6.07, 6.45) is 0. The molecule has 0 aromatic rings. The van der Waals surface area contributed by atoms with Crippen LogP contribution in [0.1, 0.15) is 20.8 Å². The highest BCUT2D eigenvalue weighted by Crippen LogP contribution is 2.06. The van der Waals surface area contributed by atoms with Gasteiger partial charge in [0.25, 0.3) is 0 Å². The molecule has 0 rings (SSSR count). The van der Waals surface area contributed by atoms with Gasteiger partial charge in [0.2, 0.25) is 0 Å². The fourth-order valence-electron chi connectivity index (χ4n) is 0.933. The van der Waals surface area contributed by atoms with Gasteiger partial charge in [-0.1, -0.05) is 0 Å². The lowest BCUT2D eigenvalue weighted by Crippen LogP contribution is -2.17. The molecule has 2 heteroatoms. The Hall–Kier alpha value is -0.790. The lowest BCUT2D eigenvalue weighted by molar-refractivity contribution is -0.464. The van der Waals surface area contributed by atoms with Crippen LogP contribution in [0.2, 0.25) is 0 Å². The van der Waals surface area contributed by atoms with Crippen molar-refractivity contribution < 1.29 is 4.58 Å². The Kier molecular flexibility index (Phi) is 4.01. The molecule has 0 aromatic carbocycles. The summed E-state index contributed by atoms with van der Waals surface area (Å²) >= 11 is 0. The van der Waals surface area contributed by atoms with Crippen LogP contribution in [0.25, 0.3) is 0 Å². The van der Waals surface area contributed by atoms with Gasteiger partial charge < -0.3 is 4.90 Å². The number of allylic oxidation sites excluding steroid dienone is 2. The molecular formula is C10H21N2+. The number of rotatable bonds is 2. The summed E-state index contributed by atoms with van der Waals surface area (Å²) in [5.74, 6) is 0. The van der Waals surface area contributed by atoms with Gasteiger partial charge in [-0.3, -0.25) is 0 Å². The smallest absolute Gasteiger partial charge is 0.177 e. The van der Waals surface area contributed by atoms with E-state index in [-0.39, 0.29) is 0 Å². The second kappa shape index (κ2) is 4.29. The van der Waals surface area contributed by atoms with Crippen molar-refractivity contribution in [3.8, 4) is 0 Å². The third-order valence-electron chi connectivity index (χ3n) is 2.43. The van der Waals surface area contributed by atoms with Crippen LogP contribution >= 0.6 is 0 Å². The molecule has 0 saturated heterocycles. The third-order valence-corrected chi connectivity index (χ3v) is 2.43. The second-order valence-electron chi connectivity index (χ2n) is 3.58. The van der Waals surface area contributed by atoms with Crippen LogP contribution in [-0.4, -0.2) is 43.4 Å². The molecule has 0 aliphatic heterocycles. The Labute approximate surface area is 76.2 Å². The van der Waals surface area contributed by atoms with Gasteiger partial charge >= 0.3 is 0 Å². The zero-order valence-electron chi connectivity index (χ0n) is 9.39. The lowest BCUT2D eigenvalue weighted by atomic mass is 10.1. The van der Waals surface area contributed by atoms with Gasteiger partial charge in [0.05, 0.1) is 0 Å². The van der Waals surface area contributed by atoms with Gasteiger partial charge in [-0.15, -0.1) is 0 Å². The zero-order chi connectivity index (χ0) is 9.89. The summed E-state index contributed by atoms with van der Waals surface area (Å²) in [5.41, 5.74) is 3.99. The van der Waals surface area contributed by atoms with E-state index in [9.17, 15) is 0 Å². The molecule has 0 aromatic heterocycles. The molecule has 0 unspecified atom stereocenters. The van der Waals surface area contributed by atoms with Crippen molar-refractivity contribution in [2.24, 2.45) is 0 Å². The molecule has 0 heterocycles. The number of nitrogens with zero attached hydrogens (tertiary/aromatic N) is 2. The maximum Gasteiger partial charge on any atom is 0.177 e. The van der Waals surface area contributed by atoms with Gasteiger partial charge in [0.1, 0.15) is 14.1 Å². The molecule has 12 heavy (non-hydrogen) atoms. The van der Waals surface area contributed by atoms with E-state index >= 15 is 0 Å². The minimum Gasteiger partial charge on any atom is -0.381 e. The quantitative estimate of drug-likeness (QED) is 0.449. The molecule has 0 radical (unpaired) electrons. The molecule has 0 bridgehead atoms. The molecule has 0 aliphatic rings. The van der Waals surface area contributed by atoms with Gasteiger partial charge in [0.15, 0.2) is 5.71 Å². The molecule has 0 spiro atoms. The Bertz CT molecular complexity index is 218. The average molecular weight is 169 g/mol. The van der Waals surface area contributed by atoms with Gasteiger partial charge in [-0.05, 0) is 13.8 Å². The predicted molar refractivity (Wildman–Crippen MR) is 54.9 cm³/mol. The maximum absolute atomic E-state index is 2.16. The Morgan fingerprint density at radius 2 is 1.42 bits per heavy atom. The molecule has 0 amide bonds. The third kappa shape index (κ3) is 2.68. The fourth-order valence-corrected chi connectivity index (χ4v) is 0.933. The first kappa shape index (κ1) is 11.2. The molecule has 0 saturated carbocycles. The van der Waals surface area contributed by atoms with Gasteiger partial charge in [0, 0.05) is 32.3 Å². The van der Waals surface area contributed by atoms with Crippen molar-refractivity contribution in [3.63, 3.8) is 0 Å². The summed E-state index contributed by atoms with van der Waals surface area (Å²) < 4.78 is 2.14. The van der Waals surface area contributed by atoms with E-state index in [0.717, 1.165) is 0 Å². The van der Waals surface area contributed by atoms with E-state index in [0.29, 0.717) is 0 Å². The molecule has 0 aliphatic carbocycles. The van der Waals surface area contributed by atoms with Crippen LogP contribution in [0, 0.1) is 0 Å². The van der Waals surface area contributed by atoms with Crippen molar-refractivity contribution >= 4 is 5.71 Å². The van der Waals surface area contributed by atoms with Crippen LogP contribution in [0.3, 0.4) is 0 Å². The van der Waals surface area contributed by atoms with E-state index in [1.54, 1.807) is 0 Å². The standard InChI is InChI=1S/C10H21N2/c1-8(9(2)11(4)5)10(3)12(6)7/h1-7H3/q+1. The molecule has 0 fully saturated rings. The molecule has 0 N–H and O–H groups in total. The molecular weight excluding hydrogens is 148 g/mol. The minimum atomic E-state index is 1.32. The predicted octanol–water partition coefficient (Wildman–Crippen LogP) is 1.57. The Morgan fingerprint density at radius 3 is 1.67 bits per heavy atom. The van der Waals surface area contributed by atoms with E-state index in [2.05, 4.69) is 58.4 Å². The van der Waals surface area contributed by atoms with Crippen LogP contribution < -0.4 is 0 Å². The van der Waals surface area contributed by atoms with Crippen molar-refractivity contribution in [1.29, 1.82) is 0 Å². The zero-order valence-corrected chi connectivity index (χ0v) is 9.39. The molecule has 0 atom stereocenters. The monoisotopic (exact) mass is 169 g/mol. The first-order valence-corrected chi connectivity index (χ1v) is 4.24. The van der Waals surface area contributed by atoms with Crippen molar-refractivity contribution in [2.75, 3.05) is 28.2 Å². The lowest BCUT2D eigenvalue weighted by Gasteiger charge is -2.15. The first-order valence-electron chi connectivity index (χ1n) is 4.24. The van der Waals surface area contributed by atoms with Crippen molar-refractivity contribution in [1.82, 2.24) is 4.90 Å². The van der Waals surface area contributed by atoms with E-state index < -0.39 is 0 Å². The SMILES string of the molecule is CC(/C(C)=C(/C)N(C)C)=[N+](C)C. The minimum absolute atomic E-state index is 1.32. The topological polar surface area (TPSA) is 6.25 Å². The highest BCUT2D eigenvalue weighted by atomic mass is 15.1. The number of hydrogen-bond acceptors (Lipinski definition) is 1. The van der Waals surface area contributed by atoms with E-state index in [4.69, 9.17) is 0 Å². The van der Waals surface area contributed by atoms with Crippen LogP contribution in [-0.2, 0) is 0 Å². The fraction of sp³-hybridized carbons (Fsp3) is 0.700. The van der Waals surface area contributed by atoms with Crippen molar-refractivity contribution in [3.05, 3.63) is 11.3 Å². The summed E-state index contributed by atoms with van der Waals surface area (Å²) in [4.78, 5) is 2.14. The molecule has 70 valence electrons. The molecule has 2 nitrogen and oxygen atoms in total. The van der Waals surface area contributed by atoms with Crippen LogP contribution in [0.5, 0.6) is 0 Å². The highest BCUT2D eigenvalue weighted by Gasteiger charge is 2.07. The largest absolute Gasteiger partial charge is 0.381 e. The normalized spacial score (nSPS) is 12.2. The summed E-state index contributed by atoms with van der Waals surface area (Å²) in [6, 6.07) is 0. The number of hydrogen-bond donors (Lipinski definition) is 0. The van der Waals surface area contributed by atoms with E-state index in [1.807, 2.05) is 0 Å². The average Bonchev–Trinajstić information content (AvgIpc) is 2.00. The highest BCUT2D eigenvalue weighted by molar-refractivity contribution is 5.94. The summed E-state index contributed by atoms with van der Waals surface area (Å²) in [7, 11) is 8.28. The van der Waals surface area contributed by atoms with Crippen molar-refractivity contribution in [2.45, 2.75) is 20.8 Å². The Balaban J connectivity index is 4.93. The summed E-state index contributed by atoms with van der Waals surface area (Å²) in [5, 5.41) is 0. The summed E-state index contributed by atoms with van der Waals surface area (Å²) in [6.45, 7) is 6.44. The second-order valence-corrected chi connectivity index (χ2v) is 3.58. The van der Waals surface area contributed by atoms with E-state index in [1.165, 1.54) is 17.0 Å². The van der Waals surface area contributed by atoms with Crippen LogP contribution in [0.4, 0.5) is 0 Å². The van der Waals surface area contributed by atoms with Gasteiger partial charge in [-0.2, -0.15) is 0 Å². The maximum atomic E-state index is 2.16. The van der Waals surface area contributed by atoms with Crippen LogP contribution in [0.15, 0.2) is 11.3 Å². The van der Waals surface area contributed by atoms with Gasteiger partial charge in [-0.25, -0.2) is 4.58 Å². The first-order chi connectivity index (χ1) is 5.37. The Morgan fingerprint density at radius 1 is 1.00 bits per heavy atom.